The molecule has 0 atom stereocenters. The summed E-state index contributed by atoms with van der Waals surface area (Å²) in [5, 5.41) is 0. The highest BCUT2D eigenvalue weighted by molar-refractivity contribution is 4.43. The van der Waals surface area contributed by atoms with Gasteiger partial charge in [0.2, 0.25) is 0 Å². The lowest BCUT2D eigenvalue weighted by molar-refractivity contribution is 0.129. The molecule has 2 nitrogen and oxygen atoms in total. The van der Waals surface area contributed by atoms with Gasteiger partial charge in [-0.05, 0) is 19.4 Å². The fraction of sp³-hybridized carbons (Fsp3) is 1.00. The molecule has 0 fully saturated rings. The molecule has 0 radical (unpaired) electrons. The summed E-state index contributed by atoms with van der Waals surface area (Å²) in [6.45, 7) is 4.75. The van der Waals surface area contributed by atoms with Gasteiger partial charge in [0.1, 0.15) is 0 Å². The summed E-state index contributed by atoms with van der Waals surface area (Å²) in [5.41, 5.74) is 5.34. The maximum atomic E-state index is 5.40. The molecule has 0 aromatic carbocycles. The number of rotatable bonds is 10. The van der Waals surface area contributed by atoms with Crippen molar-refractivity contribution < 1.29 is 4.74 Å². The molecule has 0 saturated heterocycles. The van der Waals surface area contributed by atoms with Crippen molar-refractivity contribution in [2.75, 3.05) is 19.8 Å². The molecule has 2 N–H and O–H groups in total. The second kappa shape index (κ2) is 11.9. The van der Waals surface area contributed by atoms with Gasteiger partial charge in [-0.25, -0.2) is 0 Å². The summed E-state index contributed by atoms with van der Waals surface area (Å²) in [6.07, 6.45) is 9.00. The Morgan fingerprint density at radius 1 is 0.846 bits per heavy atom. The molecule has 80 valence electrons. The number of nitrogens with two attached hydrogens (primary N) is 1. The monoisotopic (exact) mass is 187 g/mol. The summed E-state index contributed by atoms with van der Waals surface area (Å²) in [6, 6.07) is 0. The Bertz CT molecular complexity index is 76.2. The Morgan fingerprint density at radius 3 is 2.15 bits per heavy atom. The first-order valence-corrected chi connectivity index (χ1v) is 5.69. The average Bonchev–Trinajstić information content (AvgIpc) is 2.16. The standard InChI is InChI=1S/C11H25NO/c1-2-3-4-5-6-7-10-13-11-8-9-12/h2-12H2,1H3. The third kappa shape index (κ3) is 11.9. The van der Waals surface area contributed by atoms with Gasteiger partial charge in [-0.3, -0.25) is 0 Å². The Balaban J connectivity index is 2.76. The van der Waals surface area contributed by atoms with Gasteiger partial charge in [0.05, 0.1) is 0 Å². The summed E-state index contributed by atoms with van der Waals surface area (Å²) in [4.78, 5) is 0. The maximum absolute atomic E-state index is 5.40. The number of hydrogen-bond donors (Lipinski definition) is 1. The number of hydrogen-bond acceptors (Lipinski definition) is 2. The summed E-state index contributed by atoms with van der Waals surface area (Å²) < 4.78 is 5.40. The molecule has 0 aromatic heterocycles. The van der Waals surface area contributed by atoms with Crippen molar-refractivity contribution in [3.05, 3.63) is 0 Å². The van der Waals surface area contributed by atoms with Gasteiger partial charge in [-0.1, -0.05) is 39.0 Å². The number of unbranched alkanes of at least 4 members (excludes halogenated alkanes) is 5. The van der Waals surface area contributed by atoms with Crippen LogP contribution < -0.4 is 5.73 Å². The lowest BCUT2D eigenvalue weighted by Gasteiger charge is -2.02. The molecule has 2 heteroatoms. The minimum absolute atomic E-state index is 0.747. The van der Waals surface area contributed by atoms with Crippen molar-refractivity contribution in [3.63, 3.8) is 0 Å². The minimum atomic E-state index is 0.747. The van der Waals surface area contributed by atoms with Gasteiger partial charge in [-0.2, -0.15) is 0 Å². The third-order valence-electron chi connectivity index (χ3n) is 2.14. The van der Waals surface area contributed by atoms with Gasteiger partial charge >= 0.3 is 0 Å². The Labute approximate surface area is 82.8 Å². The van der Waals surface area contributed by atoms with Crippen LogP contribution >= 0.6 is 0 Å². The van der Waals surface area contributed by atoms with E-state index in [0.717, 1.165) is 26.2 Å². The molecule has 13 heavy (non-hydrogen) atoms. The predicted octanol–water partition coefficient (Wildman–Crippen LogP) is 2.71. The van der Waals surface area contributed by atoms with Crippen LogP contribution in [0.4, 0.5) is 0 Å². The largest absolute Gasteiger partial charge is 0.381 e. The lowest BCUT2D eigenvalue weighted by atomic mass is 10.1. The predicted molar refractivity (Wildman–Crippen MR) is 57.9 cm³/mol. The third-order valence-corrected chi connectivity index (χ3v) is 2.14. The highest BCUT2D eigenvalue weighted by Gasteiger charge is 1.90. The van der Waals surface area contributed by atoms with Crippen LogP contribution in [0.25, 0.3) is 0 Å². The van der Waals surface area contributed by atoms with Crippen LogP contribution in [0.2, 0.25) is 0 Å². The molecule has 0 aliphatic carbocycles. The topological polar surface area (TPSA) is 35.2 Å². The zero-order valence-electron chi connectivity index (χ0n) is 9.06. The van der Waals surface area contributed by atoms with Crippen LogP contribution in [0.1, 0.15) is 51.9 Å². The zero-order valence-corrected chi connectivity index (χ0v) is 9.06. The van der Waals surface area contributed by atoms with Crippen LogP contribution in [-0.4, -0.2) is 19.8 Å². The fourth-order valence-corrected chi connectivity index (χ4v) is 1.27. The van der Waals surface area contributed by atoms with Gasteiger partial charge in [0, 0.05) is 13.2 Å². The normalized spacial score (nSPS) is 10.6. The Hall–Kier alpha value is -0.0800. The molecular formula is C11H25NO. The van der Waals surface area contributed by atoms with Gasteiger partial charge in [0.25, 0.3) is 0 Å². The highest BCUT2D eigenvalue weighted by Crippen LogP contribution is 2.04. The second-order valence-electron chi connectivity index (χ2n) is 3.52. The molecule has 0 amide bonds. The molecular weight excluding hydrogens is 162 g/mol. The zero-order chi connectivity index (χ0) is 9.78. The van der Waals surface area contributed by atoms with E-state index < -0.39 is 0 Å². The smallest absolute Gasteiger partial charge is 0.0478 e. The molecule has 0 heterocycles. The quantitative estimate of drug-likeness (QED) is 0.534. The van der Waals surface area contributed by atoms with Crippen LogP contribution in [0.3, 0.4) is 0 Å². The van der Waals surface area contributed by atoms with Crippen LogP contribution in [0, 0.1) is 0 Å². The van der Waals surface area contributed by atoms with Crippen molar-refractivity contribution in [2.45, 2.75) is 51.9 Å². The molecule has 0 saturated carbocycles. The number of ether oxygens (including phenoxy) is 1. The first-order valence-electron chi connectivity index (χ1n) is 5.69. The van der Waals surface area contributed by atoms with E-state index in [1.807, 2.05) is 0 Å². The average molecular weight is 187 g/mol. The molecule has 0 aromatic rings. The van der Waals surface area contributed by atoms with E-state index in [-0.39, 0.29) is 0 Å². The van der Waals surface area contributed by atoms with Crippen LogP contribution in [0.5, 0.6) is 0 Å². The summed E-state index contributed by atoms with van der Waals surface area (Å²) in [5.74, 6) is 0. The first-order chi connectivity index (χ1) is 6.41. The minimum Gasteiger partial charge on any atom is -0.381 e. The van der Waals surface area contributed by atoms with E-state index in [1.54, 1.807) is 0 Å². The molecule has 0 aliphatic rings. The van der Waals surface area contributed by atoms with Crippen molar-refractivity contribution in [3.8, 4) is 0 Å². The van der Waals surface area contributed by atoms with Gasteiger partial charge < -0.3 is 10.5 Å². The fourth-order valence-electron chi connectivity index (χ4n) is 1.27. The van der Waals surface area contributed by atoms with Crippen LogP contribution in [-0.2, 0) is 4.74 Å². The molecule has 0 aliphatic heterocycles. The summed E-state index contributed by atoms with van der Waals surface area (Å²) >= 11 is 0. The van der Waals surface area contributed by atoms with Crippen LogP contribution in [0.15, 0.2) is 0 Å². The van der Waals surface area contributed by atoms with E-state index >= 15 is 0 Å². The van der Waals surface area contributed by atoms with Gasteiger partial charge in [-0.15, -0.1) is 0 Å². The van der Waals surface area contributed by atoms with Gasteiger partial charge in [0.15, 0.2) is 0 Å². The maximum Gasteiger partial charge on any atom is 0.0478 e. The highest BCUT2D eigenvalue weighted by atomic mass is 16.5. The van der Waals surface area contributed by atoms with Crippen molar-refractivity contribution in [1.29, 1.82) is 0 Å². The van der Waals surface area contributed by atoms with E-state index in [9.17, 15) is 0 Å². The molecule has 0 bridgehead atoms. The lowest BCUT2D eigenvalue weighted by Crippen LogP contribution is -2.04. The summed E-state index contributed by atoms with van der Waals surface area (Å²) in [7, 11) is 0. The second-order valence-corrected chi connectivity index (χ2v) is 3.52. The van der Waals surface area contributed by atoms with E-state index in [1.165, 1.54) is 38.5 Å². The van der Waals surface area contributed by atoms with E-state index in [4.69, 9.17) is 10.5 Å². The molecule has 0 rings (SSSR count). The molecule has 0 unspecified atom stereocenters. The molecule has 0 spiro atoms. The SMILES string of the molecule is CCCCCCCCOCCCN. The first kappa shape index (κ1) is 12.9. The van der Waals surface area contributed by atoms with Crippen molar-refractivity contribution in [1.82, 2.24) is 0 Å². The Morgan fingerprint density at radius 2 is 1.46 bits per heavy atom. The van der Waals surface area contributed by atoms with E-state index in [0.29, 0.717) is 0 Å². The Kier molecular flexibility index (Phi) is 11.8. The van der Waals surface area contributed by atoms with E-state index in [2.05, 4.69) is 6.92 Å². The van der Waals surface area contributed by atoms with Crippen molar-refractivity contribution >= 4 is 0 Å². The van der Waals surface area contributed by atoms with Crippen molar-refractivity contribution in [2.24, 2.45) is 5.73 Å².